The quantitative estimate of drug-likeness (QED) is 0.896. The highest BCUT2D eigenvalue weighted by Crippen LogP contribution is 2.42. The minimum atomic E-state index is -4.77. The molecule has 0 bridgehead atoms. The number of alkyl halides is 3. The molecule has 0 aliphatic rings. The van der Waals surface area contributed by atoms with Gasteiger partial charge in [0, 0.05) is 0 Å². The molecule has 0 saturated carbocycles. The molecule has 0 saturated heterocycles. The number of aryl methyl sites for hydroxylation is 1. The van der Waals surface area contributed by atoms with E-state index in [0.717, 1.165) is 0 Å². The van der Waals surface area contributed by atoms with Crippen LogP contribution in [0.2, 0.25) is 0 Å². The van der Waals surface area contributed by atoms with Crippen LogP contribution in [0.1, 0.15) is 17.2 Å². The number of benzene rings is 1. The van der Waals surface area contributed by atoms with Crippen LogP contribution in [0.25, 0.3) is 0 Å². The van der Waals surface area contributed by atoms with Crippen molar-refractivity contribution >= 4 is 0 Å². The highest BCUT2D eigenvalue weighted by molar-refractivity contribution is 5.49. The smallest absolute Gasteiger partial charge is 0.418 e. The number of ether oxygens (including phenoxy) is 2. The summed E-state index contributed by atoms with van der Waals surface area (Å²) in [5.41, 5.74) is 0.268. The summed E-state index contributed by atoms with van der Waals surface area (Å²) in [5, 5.41) is 9.29. The van der Waals surface area contributed by atoms with Gasteiger partial charge in [0.15, 0.2) is 6.10 Å². The second-order valence-electron chi connectivity index (χ2n) is 3.53. The molecule has 0 spiro atoms. The molecule has 0 fully saturated rings. The zero-order chi connectivity index (χ0) is 13.2. The molecule has 1 N–H and O–H groups in total. The summed E-state index contributed by atoms with van der Waals surface area (Å²) in [6.07, 6.45) is -7.40. The predicted octanol–water partition coefficient (Wildman–Crippen LogP) is 2.61. The zero-order valence-electron chi connectivity index (χ0n) is 9.63. The summed E-state index contributed by atoms with van der Waals surface area (Å²) in [4.78, 5) is 0. The van der Waals surface area contributed by atoms with Gasteiger partial charge in [-0.15, -0.1) is 0 Å². The molecule has 6 heteroatoms. The molecule has 1 aromatic carbocycles. The van der Waals surface area contributed by atoms with Crippen molar-refractivity contribution in [1.29, 1.82) is 0 Å². The molecule has 0 heterocycles. The lowest BCUT2D eigenvalue weighted by Crippen LogP contribution is -2.21. The van der Waals surface area contributed by atoms with Crippen molar-refractivity contribution in [1.82, 2.24) is 0 Å². The summed E-state index contributed by atoms with van der Waals surface area (Å²) in [6.45, 7) is 1.69. The van der Waals surface area contributed by atoms with Gasteiger partial charge < -0.3 is 14.6 Å². The summed E-state index contributed by atoms with van der Waals surface area (Å²) in [5.74, 6) is -0.0987. The van der Waals surface area contributed by atoms with Crippen molar-refractivity contribution in [2.45, 2.75) is 19.2 Å². The molecule has 17 heavy (non-hydrogen) atoms. The van der Waals surface area contributed by atoms with Crippen molar-refractivity contribution in [2.75, 3.05) is 14.2 Å². The Hall–Kier alpha value is -1.43. The second kappa shape index (κ2) is 4.83. The molecule has 1 aromatic rings. The normalized spacial score (nSPS) is 13.4. The topological polar surface area (TPSA) is 38.7 Å². The first kappa shape index (κ1) is 13.6. The summed E-state index contributed by atoms with van der Waals surface area (Å²) in [7, 11) is 2.47. The van der Waals surface area contributed by atoms with Crippen LogP contribution in [0.4, 0.5) is 13.2 Å². The average molecular weight is 250 g/mol. The number of aliphatic hydroxyl groups is 1. The number of aliphatic hydroxyl groups excluding tert-OH is 1. The summed E-state index contributed by atoms with van der Waals surface area (Å²) >= 11 is 0. The van der Waals surface area contributed by atoms with E-state index >= 15 is 0 Å². The van der Waals surface area contributed by atoms with Crippen molar-refractivity contribution in [3.05, 3.63) is 23.3 Å². The molecule has 0 radical (unpaired) electrons. The van der Waals surface area contributed by atoms with Crippen LogP contribution in [-0.2, 0) is 0 Å². The van der Waals surface area contributed by atoms with Gasteiger partial charge in [0.05, 0.1) is 19.8 Å². The van der Waals surface area contributed by atoms with Crippen molar-refractivity contribution in [3.8, 4) is 11.5 Å². The zero-order valence-corrected chi connectivity index (χ0v) is 9.63. The minimum absolute atomic E-state index is 0.0494. The van der Waals surface area contributed by atoms with Crippen LogP contribution in [0.3, 0.4) is 0 Å². The molecule has 1 unspecified atom stereocenters. The Bertz CT molecular complexity index is 376. The van der Waals surface area contributed by atoms with Gasteiger partial charge in [0.1, 0.15) is 11.5 Å². The van der Waals surface area contributed by atoms with Crippen molar-refractivity contribution in [3.63, 3.8) is 0 Å². The highest BCUT2D eigenvalue weighted by atomic mass is 19.4. The lowest BCUT2D eigenvalue weighted by molar-refractivity contribution is -0.207. The summed E-state index contributed by atoms with van der Waals surface area (Å²) in [6, 6.07) is 2.82. The van der Waals surface area contributed by atoms with Gasteiger partial charge in [-0.3, -0.25) is 0 Å². The van der Waals surface area contributed by atoms with Crippen LogP contribution in [0, 0.1) is 6.92 Å². The van der Waals surface area contributed by atoms with Crippen LogP contribution in [0.15, 0.2) is 12.1 Å². The molecule has 1 atom stereocenters. The van der Waals surface area contributed by atoms with E-state index in [1.54, 1.807) is 6.92 Å². The molecule has 0 aliphatic heterocycles. The van der Waals surface area contributed by atoms with E-state index in [1.165, 1.54) is 26.4 Å². The Kier molecular flexibility index (Phi) is 3.87. The van der Waals surface area contributed by atoms with Gasteiger partial charge in [0.25, 0.3) is 0 Å². The molecule has 0 aromatic heterocycles. The van der Waals surface area contributed by atoms with E-state index in [0.29, 0.717) is 5.56 Å². The average Bonchev–Trinajstić information content (AvgIpc) is 2.25. The molecule has 1 rings (SSSR count). The van der Waals surface area contributed by atoms with Crippen molar-refractivity contribution in [2.24, 2.45) is 0 Å². The predicted molar refractivity (Wildman–Crippen MR) is 55.3 cm³/mol. The fraction of sp³-hybridized carbons (Fsp3) is 0.455. The highest BCUT2D eigenvalue weighted by Gasteiger charge is 2.42. The third-order valence-corrected chi connectivity index (χ3v) is 2.27. The van der Waals surface area contributed by atoms with Gasteiger partial charge >= 0.3 is 6.18 Å². The number of hydrogen-bond donors (Lipinski definition) is 1. The SMILES string of the molecule is COc1cc(C)cc(OC)c1C(O)C(F)(F)F. The molecule has 96 valence electrons. The number of rotatable bonds is 3. The van der Waals surface area contributed by atoms with Crippen molar-refractivity contribution < 1.29 is 27.8 Å². The Morgan fingerprint density at radius 1 is 1.12 bits per heavy atom. The molecule has 0 amide bonds. The maximum absolute atomic E-state index is 12.5. The molecular weight excluding hydrogens is 237 g/mol. The van der Waals surface area contributed by atoms with E-state index in [-0.39, 0.29) is 11.5 Å². The van der Waals surface area contributed by atoms with Gasteiger partial charge in [0.2, 0.25) is 0 Å². The molecule has 0 aliphatic carbocycles. The Morgan fingerprint density at radius 3 is 1.82 bits per heavy atom. The third-order valence-electron chi connectivity index (χ3n) is 2.27. The molecule has 3 nitrogen and oxygen atoms in total. The lowest BCUT2D eigenvalue weighted by atomic mass is 10.0. The summed E-state index contributed by atoms with van der Waals surface area (Å²) < 4.78 is 47.2. The first-order valence-corrected chi connectivity index (χ1v) is 4.78. The third kappa shape index (κ3) is 2.82. The lowest BCUT2D eigenvalue weighted by Gasteiger charge is -2.20. The van der Waals surface area contributed by atoms with E-state index in [2.05, 4.69) is 0 Å². The Balaban J connectivity index is 3.38. The maximum atomic E-state index is 12.5. The van der Waals surface area contributed by atoms with Gasteiger partial charge in [-0.25, -0.2) is 0 Å². The van der Waals surface area contributed by atoms with Gasteiger partial charge in [-0.05, 0) is 24.6 Å². The van der Waals surface area contributed by atoms with E-state index < -0.39 is 17.8 Å². The van der Waals surface area contributed by atoms with Crippen LogP contribution >= 0.6 is 0 Å². The largest absolute Gasteiger partial charge is 0.496 e. The standard InChI is InChI=1S/C11H13F3O3/c1-6-4-7(16-2)9(8(5-6)17-3)10(15)11(12,13)14/h4-5,10,15H,1-3H3. The fourth-order valence-corrected chi connectivity index (χ4v) is 1.50. The van der Waals surface area contributed by atoms with Gasteiger partial charge in [-0.2, -0.15) is 13.2 Å². The van der Waals surface area contributed by atoms with Crippen LogP contribution in [-0.4, -0.2) is 25.5 Å². The second-order valence-corrected chi connectivity index (χ2v) is 3.53. The van der Waals surface area contributed by atoms with Gasteiger partial charge in [-0.1, -0.05) is 0 Å². The number of methoxy groups -OCH3 is 2. The van der Waals surface area contributed by atoms with E-state index in [9.17, 15) is 18.3 Å². The maximum Gasteiger partial charge on any atom is 0.418 e. The first-order chi connectivity index (χ1) is 7.81. The van der Waals surface area contributed by atoms with Crippen LogP contribution in [0.5, 0.6) is 11.5 Å². The number of hydrogen-bond acceptors (Lipinski definition) is 3. The van der Waals surface area contributed by atoms with Crippen LogP contribution < -0.4 is 9.47 Å². The van der Waals surface area contributed by atoms with E-state index in [4.69, 9.17) is 9.47 Å². The minimum Gasteiger partial charge on any atom is -0.496 e. The fourth-order valence-electron chi connectivity index (χ4n) is 1.50. The first-order valence-electron chi connectivity index (χ1n) is 4.78. The Labute approximate surface area is 96.8 Å². The molecular formula is C11H13F3O3. The Morgan fingerprint density at radius 2 is 1.53 bits per heavy atom. The van der Waals surface area contributed by atoms with E-state index in [1.807, 2.05) is 0 Å². The monoisotopic (exact) mass is 250 g/mol. The number of halogens is 3.